The van der Waals surface area contributed by atoms with Gasteiger partial charge in [-0.1, -0.05) is 6.92 Å². The molecule has 1 saturated heterocycles. The molecular formula is C19H17F3N4O. The topological polar surface area (TPSA) is 62.1 Å². The van der Waals surface area contributed by atoms with Crippen molar-refractivity contribution in [1.29, 1.82) is 0 Å². The van der Waals surface area contributed by atoms with Crippen molar-refractivity contribution in [1.82, 2.24) is 15.2 Å². The molecule has 0 amide bonds. The van der Waals surface area contributed by atoms with Crippen LogP contribution in [0.4, 0.5) is 19.0 Å². The third-order valence-corrected chi connectivity index (χ3v) is 4.87. The van der Waals surface area contributed by atoms with E-state index in [-0.39, 0.29) is 5.56 Å². The Hall–Kier alpha value is -2.90. The van der Waals surface area contributed by atoms with Crippen molar-refractivity contribution in [3.8, 4) is 17.0 Å². The quantitative estimate of drug-likeness (QED) is 0.726. The molecule has 1 fully saturated rings. The van der Waals surface area contributed by atoms with Gasteiger partial charge in [0, 0.05) is 41.8 Å². The lowest BCUT2D eigenvalue weighted by atomic mass is 10.0. The number of phenolic OH excluding ortho intramolecular Hbond substituents is 1. The molecule has 3 aromatic rings. The van der Waals surface area contributed by atoms with Crippen LogP contribution in [0.15, 0.2) is 36.7 Å². The van der Waals surface area contributed by atoms with Gasteiger partial charge < -0.3 is 10.0 Å². The summed E-state index contributed by atoms with van der Waals surface area (Å²) in [6, 6.07) is 4.66. The molecule has 1 aliphatic rings. The first-order valence-corrected chi connectivity index (χ1v) is 8.60. The predicted octanol–water partition coefficient (Wildman–Crippen LogP) is 4.26. The van der Waals surface area contributed by atoms with Crippen molar-refractivity contribution in [2.45, 2.75) is 19.5 Å². The molecule has 1 atom stereocenters. The fraction of sp³-hybridized carbons (Fsp3) is 0.316. The van der Waals surface area contributed by atoms with E-state index in [1.54, 1.807) is 12.4 Å². The number of hydrogen-bond acceptors (Lipinski definition) is 5. The molecule has 8 heteroatoms. The highest BCUT2D eigenvalue weighted by molar-refractivity contribution is 6.00. The fourth-order valence-corrected chi connectivity index (χ4v) is 3.45. The third-order valence-electron chi connectivity index (χ3n) is 4.87. The number of phenols is 1. The molecule has 1 aliphatic heterocycles. The van der Waals surface area contributed by atoms with E-state index >= 15 is 0 Å². The molecule has 27 heavy (non-hydrogen) atoms. The summed E-state index contributed by atoms with van der Waals surface area (Å²) in [6.07, 6.45) is -0.222. The lowest BCUT2D eigenvalue weighted by Crippen LogP contribution is -2.21. The van der Waals surface area contributed by atoms with Crippen LogP contribution in [0.3, 0.4) is 0 Å². The van der Waals surface area contributed by atoms with E-state index in [1.165, 1.54) is 6.07 Å². The van der Waals surface area contributed by atoms with E-state index < -0.39 is 17.5 Å². The number of rotatable bonds is 2. The standard InChI is InChI=1S/C19H17F3N4O/c1-11-5-7-26(10-11)18-13-4-6-23-9-15(13)17(24-25-18)14-3-2-12(8-16(14)27)19(20,21)22/h2-4,6,8-9,11,27H,5,7,10H2,1H3/t11-/m1/s1. The van der Waals surface area contributed by atoms with Gasteiger partial charge in [0.05, 0.1) is 5.56 Å². The minimum Gasteiger partial charge on any atom is -0.507 e. The second kappa shape index (κ2) is 6.37. The summed E-state index contributed by atoms with van der Waals surface area (Å²) >= 11 is 0. The Kier molecular flexibility index (Phi) is 4.13. The van der Waals surface area contributed by atoms with Gasteiger partial charge in [0.2, 0.25) is 0 Å². The summed E-state index contributed by atoms with van der Waals surface area (Å²) in [7, 11) is 0. The van der Waals surface area contributed by atoms with Crippen LogP contribution in [-0.2, 0) is 6.18 Å². The van der Waals surface area contributed by atoms with E-state index in [4.69, 9.17) is 0 Å². The summed E-state index contributed by atoms with van der Waals surface area (Å²) < 4.78 is 38.6. The Bertz CT molecular complexity index is 1010. The van der Waals surface area contributed by atoms with E-state index in [9.17, 15) is 18.3 Å². The van der Waals surface area contributed by atoms with Crippen molar-refractivity contribution in [2.75, 3.05) is 18.0 Å². The fourth-order valence-electron chi connectivity index (χ4n) is 3.45. The Balaban J connectivity index is 1.84. The van der Waals surface area contributed by atoms with Crippen LogP contribution in [0.1, 0.15) is 18.9 Å². The highest BCUT2D eigenvalue weighted by atomic mass is 19.4. The summed E-state index contributed by atoms with van der Waals surface area (Å²) in [5.41, 5.74) is -0.419. The zero-order chi connectivity index (χ0) is 19.2. The number of fused-ring (bicyclic) bond motifs is 1. The Morgan fingerprint density at radius 1 is 1.15 bits per heavy atom. The zero-order valence-electron chi connectivity index (χ0n) is 14.5. The van der Waals surface area contributed by atoms with Gasteiger partial charge in [-0.3, -0.25) is 4.98 Å². The Morgan fingerprint density at radius 3 is 2.63 bits per heavy atom. The maximum atomic E-state index is 12.9. The van der Waals surface area contributed by atoms with Crippen molar-refractivity contribution in [3.63, 3.8) is 0 Å². The van der Waals surface area contributed by atoms with Gasteiger partial charge >= 0.3 is 6.18 Å². The monoisotopic (exact) mass is 374 g/mol. The molecule has 0 radical (unpaired) electrons. The van der Waals surface area contributed by atoms with Crippen LogP contribution in [0.2, 0.25) is 0 Å². The van der Waals surface area contributed by atoms with Gasteiger partial charge in [-0.2, -0.15) is 13.2 Å². The van der Waals surface area contributed by atoms with Gasteiger partial charge in [-0.05, 0) is 36.6 Å². The minimum absolute atomic E-state index is 0.190. The first-order chi connectivity index (χ1) is 12.8. The molecule has 1 aromatic carbocycles. The first-order valence-electron chi connectivity index (χ1n) is 8.60. The normalized spacial score (nSPS) is 17.6. The molecule has 0 bridgehead atoms. The van der Waals surface area contributed by atoms with Crippen LogP contribution in [-0.4, -0.2) is 33.4 Å². The van der Waals surface area contributed by atoms with E-state index in [0.717, 1.165) is 36.8 Å². The van der Waals surface area contributed by atoms with Gasteiger partial charge in [0.25, 0.3) is 0 Å². The summed E-state index contributed by atoms with van der Waals surface area (Å²) in [5.74, 6) is 0.793. The molecule has 3 heterocycles. The molecule has 0 saturated carbocycles. The lowest BCUT2D eigenvalue weighted by Gasteiger charge is -2.19. The number of anilines is 1. The molecule has 2 aromatic heterocycles. The molecule has 5 nitrogen and oxygen atoms in total. The van der Waals surface area contributed by atoms with E-state index in [2.05, 4.69) is 27.0 Å². The van der Waals surface area contributed by atoms with Crippen molar-refractivity contribution >= 4 is 16.6 Å². The number of nitrogens with zero attached hydrogens (tertiary/aromatic N) is 4. The predicted molar refractivity (Wildman–Crippen MR) is 95.4 cm³/mol. The number of pyridine rings is 1. The van der Waals surface area contributed by atoms with Crippen molar-refractivity contribution < 1.29 is 18.3 Å². The minimum atomic E-state index is -4.53. The third kappa shape index (κ3) is 3.15. The lowest BCUT2D eigenvalue weighted by molar-refractivity contribution is -0.137. The molecule has 140 valence electrons. The number of hydrogen-bond donors (Lipinski definition) is 1. The number of benzene rings is 1. The molecule has 0 unspecified atom stereocenters. The highest BCUT2D eigenvalue weighted by Gasteiger charge is 2.31. The Morgan fingerprint density at radius 2 is 1.96 bits per heavy atom. The van der Waals surface area contributed by atoms with Crippen LogP contribution >= 0.6 is 0 Å². The summed E-state index contributed by atoms with van der Waals surface area (Å²) in [5, 5.41) is 20.2. The highest BCUT2D eigenvalue weighted by Crippen LogP contribution is 2.39. The number of aromatic hydroxyl groups is 1. The maximum Gasteiger partial charge on any atom is 0.416 e. The average Bonchev–Trinajstić information content (AvgIpc) is 3.06. The Labute approximate surface area is 153 Å². The van der Waals surface area contributed by atoms with Crippen LogP contribution in [0.5, 0.6) is 5.75 Å². The largest absolute Gasteiger partial charge is 0.507 e. The molecule has 0 spiro atoms. The summed E-state index contributed by atoms with van der Waals surface area (Å²) in [6.45, 7) is 3.92. The number of halogens is 3. The number of aromatic nitrogens is 3. The molecule has 4 rings (SSSR count). The second-order valence-corrected chi connectivity index (χ2v) is 6.86. The first kappa shape index (κ1) is 17.5. The van der Waals surface area contributed by atoms with Crippen LogP contribution < -0.4 is 4.90 Å². The smallest absolute Gasteiger partial charge is 0.416 e. The average molecular weight is 374 g/mol. The van der Waals surface area contributed by atoms with E-state index in [0.29, 0.717) is 23.1 Å². The van der Waals surface area contributed by atoms with Crippen molar-refractivity contribution in [2.24, 2.45) is 5.92 Å². The van der Waals surface area contributed by atoms with Crippen LogP contribution in [0.25, 0.3) is 22.0 Å². The SMILES string of the molecule is C[C@@H]1CCN(c2nnc(-c3ccc(C(F)(F)F)cc3O)c3cnccc23)C1. The van der Waals surface area contributed by atoms with Gasteiger partial charge in [0.15, 0.2) is 5.82 Å². The molecule has 1 N–H and O–H groups in total. The maximum absolute atomic E-state index is 12.9. The molecule has 0 aliphatic carbocycles. The number of alkyl halides is 3. The van der Waals surface area contributed by atoms with Gasteiger partial charge in [-0.25, -0.2) is 0 Å². The zero-order valence-corrected chi connectivity index (χ0v) is 14.5. The van der Waals surface area contributed by atoms with Crippen molar-refractivity contribution in [3.05, 3.63) is 42.2 Å². The van der Waals surface area contributed by atoms with Gasteiger partial charge in [-0.15, -0.1) is 10.2 Å². The van der Waals surface area contributed by atoms with Gasteiger partial charge in [0.1, 0.15) is 11.4 Å². The molecular weight excluding hydrogens is 357 g/mol. The second-order valence-electron chi connectivity index (χ2n) is 6.86. The van der Waals surface area contributed by atoms with E-state index in [1.807, 2.05) is 6.07 Å². The summed E-state index contributed by atoms with van der Waals surface area (Å²) in [4.78, 5) is 6.27. The van der Waals surface area contributed by atoms with Crippen LogP contribution in [0, 0.1) is 5.92 Å².